The van der Waals surface area contributed by atoms with E-state index in [0.29, 0.717) is 23.6 Å². The van der Waals surface area contributed by atoms with E-state index in [9.17, 15) is 0 Å². The van der Waals surface area contributed by atoms with Crippen molar-refractivity contribution in [2.24, 2.45) is 20.7 Å². The van der Waals surface area contributed by atoms with Gasteiger partial charge in [-0.3, -0.25) is 14.5 Å². The molecule has 186 valence electrons. The van der Waals surface area contributed by atoms with Crippen LogP contribution in [-0.2, 0) is 17.2 Å². The molecule has 2 unspecified atom stereocenters. The SMILES string of the molecule is C\C=C/C(=N/C(=C/CC)C1C=C(c2cc(Nc3ccc4c(c3F)CN=S4C)n[nH]2)CC1)C(C)(C)C. The number of nitrogens with zero attached hydrogens (tertiary/aromatic N) is 3. The van der Waals surface area contributed by atoms with Crippen LogP contribution in [0, 0.1) is 17.2 Å². The standard InChI is InChI=1S/C28H36FN5S/c1-7-9-21(31-25(10-8-2)28(3,4)5)18-11-12-19(15-18)23-16-26(34-33-23)32-22-13-14-24-20(27(22)29)17-30-35(24)6/h8-10,13-16,18H,7,11-12,17H2,1-6H3,(H2,32,33,34)/b10-8-,21-9+,31-25-. The van der Waals surface area contributed by atoms with Crippen molar-refractivity contribution in [2.75, 3.05) is 11.6 Å². The maximum Gasteiger partial charge on any atom is 0.152 e. The molecule has 2 atom stereocenters. The highest BCUT2D eigenvalue weighted by Crippen LogP contribution is 2.37. The zero-order chi connectivity index (χ0) is 25.2. The van der Waals surface area contributed by atoms with E-state index in [1.807, 2.05) is 25.3 Å². The molecule has 2 heterocycles. The predicted molar refractivity (Wildman–Crippen MR) is 147 cm³/mol. The van der Waals surface area contributed by atoms with E-state index in [1.54, 1.807) is 6.07 Å². The molecule has 0 amide bonds. The Balaban J connectivity index is 1.53. The predicted octanol–water partition coefficient (Wildman–Crippen LogP) is 7.75. The first kappa shape index (κ1) is 25.3. The molecule has 1 aliphatic carbocycles. The van der Waals surface area contributed by atoms with E-state index < -0.39 is 0 Å². The Hall–Kier alpha value is -2.80. The lowest BCUT2D eigenvalue weighted by Crippen LogP contribution is -2.19. The third-order valence-electron chi connectivity index (χ3n) is 6.38. The van der Waals surface area contributed by atoms with E-state index >= 15 is 4.39 Å². The van der Waals surface area contributed by atoms with Gasteiger partial charge in [-0.15, -0.1) is 0 Å². The molecule has 0 saturated carbocycles. The van der Waals surface area contributed by atoms with Gasteiger partial charge in [0.05, 0.1) is 17.9 Å². The highest BCUT2D eigenvalue weighted by molar-refractivity contribution is 7.86. The van der Waals surface area contributed by atoms with Gasteiger partial charge in [0.15, 0.2) is 11.6 Å². The van der Waals surface area contributed by atoms with Crippen LogP contribution >= 0.6 is 0 Å². The number of rotatable bonds is 7. The summed E-state index contributed by atoms with van der Waals surface area (Å²) in [6.45, 7) is 11.2. The van der Waals surface area contributed by atoms with Crippen molar-refractivity contribution in [2.45, 2.75) is 65.3 Å². The molecular weight excluding hydrogens is 457 g/mol. The molecule has 2 aliphatic rings. The summed E-state index contributed by atoms with van der Waals surface area (Å²) in [5.41, 5.74) is 5.52. The number of aliphatic imine (C=N–C) groups is 1. The Morgan fingerprint density at radius 3 is 2.86 bits per heavy atom. The number of aromatic amines is 1. The lowest BCUT2D eigenvalue weighted by molar-refractivity contribution is 0.590. The topological polar surface area (TPSA) is 65.4 Å². The fourth-order valence-corrected chi connectivity index (χ4v) is 5.70. The first-order valence-electron chi connectivity index (χ1n) is 12.3. The number of aromatic nitrogens is 2. The number of hydrogen-bond donors (Lipinski definition) is 2. The van der Waals surface area contributed by atoms with Crippen LogP contribution in [0.4, 0.5) is 15.9 Å². The van der Waals surface area contributed by atoms with Crippen LogP contribution in [0.15, 0.2) is 62.5 Å². The quantitative estimate of drug-likeness (QED) is 0.387. The molecule has 4 rings (SSSR count). The van der Waals surface area contributed by atoms with Gasteiger partial charge in [-0.25, -0.2) is 4.39 Å². The second-order valence-electron chi connectivity index (χ2n) is 10.1. The van der Waals surface area contributed by atoms with E-state index in [-0.39, 0.29) is 27.8 Å². The van der Waals surface area contributed by atoms with Crippen molar-refractivity contribution < 1.29 is 4.39 Å². The van der Waals surface area contributed by atoms with Gasteiger partial charge >= 0.3 is 0 Å². The van der Waals surface area contributed by atoms with Gasteiger partial charge in [0.25, 0.3) is 0 Å². The summed E-state index contributed by atoms with van der Waals surface area (Å²) in [4.78, 5) is 6.10. The van der Waals surface area contributed by atoms with Crippen LogP contribution in [-0.4, -0.2) is 22.2 Å². The molecule has 0 bridgehead atoms. The minimum Gasteiger partial charge on any atom is -0.336 e. The molecule has 1 aromatic carbocycles. The second-order valence-corrected chi connectivity index (χ2v) is 11.7. The van der Waals surface area contributed by atoms with Gasteiger partial charge < -0.3 is 5.32 Å². The van der Waals surface area contributed by atoms with E-state index in [4.69, 9.17) is 4.99 Å². The van der Waals surface area contributed by atoms with Crippen LogP contribution in [0.25, 0.3) is 5.57 Å². The number of nitrogens with one attached hydrogen (secondary N) is 2. The summed E-state index contributed by atoms with van der Waals surface area (Å²) in [6.07, 6.45) is 13.7. The van der Waals surface area contributed by atoms with Gasteiger partial charge in [-0.1, -0.05) is 56.6 Å². The van der Waals surface area contributed by atoms with Crippen LogP contribution in [0.1, 0.15) is 65.1 Å². The molecule has 1 aliphatic heterocycles. The first-order valence-corrected chi connectivity index (χ1v) is 13.9. The van der Waals surface area contributed by atoms with Crippen molar-refractivity contribution in [3.8, 4) is 0 Å². The zero-order valence-corrected chi connectivity index (χ0v) is 22.4. The fraction of sp³-hybridized carbons (Fsp3) is 0.429. The van der Waals surface area contributed by atoms with Crippen LogP contribution in [0.3, 0.4) is 0 Å². The summed E-state index contributed by atoms with van der Waals surface area (Å²) in [5.74, 6) is 0.655. The third kappa shape index (κ3) is 5.56. The lowest BCUT2D eigenvalue weighted by atomic mass is 9.89. The zero-order valence-electron chi connectivity index (χ0n) is 21.6. The molecule has 7 heteroatoms. The van der Waals surface area contributed by atoms with Crippen LogP contribution in [0.5, 0.6) is 0 Å². The Morgan fingerprint density at radius 2 is 2.14 bits per heavy atom. The lowest BCUT2D eigenvalue weighted by Gasteiger charge is -2.21. The van der Waals surface area contributed by atoms with Crippen molar-refractivity contribution in [1.82, 2.24) is 10.2 Å². The van der Waals surface area contributed by atoms with Crippen molar-refractivity contribution in [1.29, 1.82) is 0 Å². The number of hydrogen-bond acceptors (Lipinski definition) is 4. The molecule has 0 radical (unpaired) electrons. The Kier molecular flexibility index (Phi) is 7.55. The van der Waals surface area contributed by atoms with E-state index in [1.165, 1.54) is 5.57 Å². The molecule has 35 heavy (non-hydrogen) atoms. The van der Waals surface area contributed by atoms with Crippen molar-refractivity contribution in [3.05, 3.63) is 65.3 Å². The van der Waals surface area contributed by atoms with Crippen LogP contribution in [0.2, 0.25) is 0 Å². The summed E-state index contributed by atoms with van der Waals surface area (Å²) in [5, 5.41) is 10.7. The van der Waals surface area contributed by atoms with Gasteiger partial charge in [0, 0.05) is 39.3 Å². The number of allylic oxidation sites excluding steroid dienone is 5. The van der Waals surface area contributed by atoms with Gasteiger partial charge in [-0.2, -0.15) is 5.10 Å². The summed E-state index contributed by atoms with van der Waals surface area (Å²) in [7, 11) is -0.220. The van der Waals surface area contributed by atoms with Crippen LogP contribution < -0.4 is 5.32 Å². The van der Waals surface area contributed by atoms with Crippen molar-refractivity contribution >= 4 is 33.5 Å². The average Bonchev–Trinajstić information content (AvgIpc) is 3.55. The van der Waals surface area contributed by atoms with Crippen molar-refractivity contribution in [3.63, 3.8) is 0 Å². The molecule has 2 aromatic rings. The van der Waals surface area contributed by atoms with E-state index in [0.717, 1.165) is 41.3 Å². The normalized spacial score (nSPS) is 20.8. The molecule has 0 spiro atoms. The molecule has 5 nitrogen and oxygen atoms in total. The number of anilines is 2. The minimum absolute atomic E-state index is 0.0200. The smallest absolute Gasteiger partial charge is 0.152 e. The first-order chi connectivity index (χ1) is 16.7. The monoisotopic (exact) mass is 493 g/mol. The maximum absolute atomic E-state index is 15.0. The van der Waals surface area contributed by atoms with E-state index in [2.05, 4.69) is 71.9 Å². The Morgan fingerprint density at radius 1 is 1.34 bits per heavy atom. The summed E-state index contributed by atoms with van der Waals surface area (Å²) >= 11 is 0. The molecule has 0 fully saturated rings. The fourth-order valence-electron chi connectivity index (χ4n) is 4.46. The van der Waals surface area contributed by atoms with Gasteiger partial charge in [0.1, 0.15) is 0 Å². The largest absolute Gasteiger partial charge is 0.336 e. The number of halogens is 1. The number of H-pyrrole nitrogens is 1. The molecule has 1 aromatic heterocycles. The second kappa shape index (κ2) is 10.4. The Labute approximate surface area is 210 Å². The number of fused-ring (bicyclic) bond motifs is 1. The minimum atomic E-state index is -0.226. The average molecular weight is 494 g/mol. The highest BCUT2D eigenvalue weighted by atomic mass is 32.2. The molecular formula is C28H36FN5S. The summed E-state index contributed by atoms with van der Waals surface area (Å²) in [6, 6.07) is 5.72. The molecule has 2 N–H and O–H groups in total. The third-order valence-corrected chi connectivity index (χ3v) is 7.92. The summed E-state index contributed by atoms with van der Waals surface area (Å²) < 4.78 is 19.5. The Bertz CT molecular complexity index is 1260. The molecule has 0 saturated heterocycles. The van der Waals surface area contributed by atoms with Gasteiger partial charge in [-0.05, 0) is 56.2 Å². The maximum atomic E-state index is 15.0. The highest BCUT2D eigenvalue weighted by Gasteiger charge is 2.24. The van der Waals surface area contributed by atoms with Gasteiger partial charge in [0.2, 0.25) is 0 Å². The number of benzene rings is 1.